The van der Waals surface area contributed by atoms with E-state index in [9.17, 15) is 4.79 Å². The van der Waals surface area contributed by atoms with Gasteiger partial charge in [0.1, 0.15) is 5.82 Å². The molecule has 6 nitrogen and oxygen atoms in total. The number of nitrogens with zero attached hydrogens (tertiary/aromatic N) is 3. The Morgan fingerprint density at radius 1 is 1.42 bits per heavy atom. The average Bonchev–Trinajstić information content (AvgIpc) is 3.22. The van der Waals surface area contributed by atoms with Crippen LogP contribution in [-0.4, -0.2) is 45.4 Å². The lowest BCUT2D eigenvalue weighted by atomic mass is 9.99. The van der Waals surface area contributed by atoms with Gasteiger partial charge in [0.2, 0.25) is 0 Å². The van der Waals surface area contributed by atoms with Crippen molar-refractivity contribution >= 4 is 5.91 Å². The van der Waals surface area contributed by atoms with Crippen LogP contribution in [0.25, 0.3) is 0 Å². The standard InChI is InChI=1S/C18H23N5O/c1-12-21-16-3-5-23(11-17(16)22-12)18(24)15-7-14(9-20-10-15)6-13-2-4-19-8-13/h7,9-10,13,19H,2-6,8,11H2,1H3,(H,21,22). The van der Waals surface area contributed by atoms with Crippen molar-refractivity contribution in [2.24, 2.45) is 5.92 Å². The van der Waals surface area contributed by atoms with Crippen molar-refractivity contribution in [2.75, 3.05) is 19.6 Å². The molecule has 0 aromatic carbocycles. The van der Waals surface area contributed by atoms with Gasteiger partial charge in [-0.05, 0) is 50.4 Å². The van der Waals surface area contributed by atoms with E-state index < -0.39 is 0 Å². The number of amides is 1. The Morgan fingerprint density at radius 3 is 3.17 bits per heavy atom. The summed E-state index contributed by atoms with van der Waals surface area (Å²) in [4.78, 5) is 26.8. The van der Waals surface area contributed by atoms with Gasteiger partial charge in [0.15, 0.2) is 0 Å². The highest BCUT2D eigenvalue weighted by Crippen LogP contribution is 2.20. The molecule has 1 unspecified atom stereocenters. The fourth-order valence-corrected chi connectivity index (χ4v) is 3.73. The van der Waals surface area contributed by atoms with Crippen LogP contribution in [0.2, 0.25) is 0 Å². The second-order valence-electron chi connectivity index (χ2n) is 6.87. The molecule has 2 aromatic rings. The van der Waals surface area contributed by atoms with E-state index in [2.05, 4.69) is 20.3 Å². The SMILES string of the molecule is Cc1nc2c([nH]1)CN(C(=O)c1cncc(CC3CCNC3)c1)CC2. The van der Waals surface area contributed by atoms with Crippen LogP contribution in [0, 0.1) is 12.8 Å². The fraction of sp³-hybridized carbons (Fsp3) is 0.500. The van der Waals surface area contributed by atoms with E-state index in [1.807, 2.05) is 24.1 Å². The second kappa shape index (κ2) is 6.36. The maximum Gasteiger partial charge on any atom is 0.255 e. The molecule has 4 rings (SSSR count). The lowest BCUT2D eigenvalue weighted by Gasteiger charge is -2.26. The molecule has 2 aliphatic rings. The summed E-state index contributed by atoms with van der Waals surface area (Å²) >= 11 is 0. The minimum absolute atomic E-state index is 0.0619. The Hall–Kier alpha value is -2.21. The third-order valence-corrected chi connectivity index (χ3v) is 4.97. The molecule has 24 heavy (non-hydrogen) atoms. The lowest BCUT2D eigenvalue weighted by Crippen LogP contribution is -2.36. The van der Waals surface area contributed by atoms with Gasteiger partial charge in [0.05, 0.1) is 23.5 Å². The highest BCUT2D eigenvalue weighted by atomic mass is 16.2. The van der Waals surface area contributed by atoms with Crippen LogP contribution < -0.4 is 5.32 Å². The molecule has 0 radical (unpaired) electrons. The van der Waals surface area contributed by atoms with Crippen molar-refractivity contribution in [1.82, 2.24) is 25.2 Å². The van der Waals surface area contributed by atoms with Crippen molar-refractivity contribution in [1.29, 1.82) is 0 Å². The number of pyridine rings is 1. The summed E-state index contributed by atoms with van der Waals surface area (Å²) in [5.74, 6) is 1.64. The highest BCUT2D eigenvalue weighted by molar-refractivity contribution is 5.94. The van der Waals surface area contributed by atoms with Crippen LogP contribution in [0.1, 0.15) is 39.6 Å². The number of rotatable bonds is 3. The number of hydrogen-bond donors (Lipinski definition) is 2. The topological polar surface area (TPSA) is 73.9 Å². The molecule has 0 aliphatic carbocycles. The predicted octanol–water partition coefficient (Wildman–Crippen LogP) is 1.46. The number of aryl methyl sites for hydroxylation is 1. The van der Waals surface area contributed by atoms with Crippen LogP contribution in [0.4, 0.5) is 0 Å². The molecule has 4 heterocycles. The van der Waals surface area contributed by atoms with Gasteiger partial charge in [-0.3, -0.25) is 9.78 Å². The van der Waals surface area contributed by atoms with E-state index in [1.54, 1.807) is 6.20 Å². The van der Waals surface area contributed by atoms with Gasteiger partial charge in [-0.25, -0.2) is 4.98 Å². The average molecular weight is 325 g/mol. The van der Waals surface area contributed by atoms with E-state index in [-0.39, 0.29) is 5.91 Å². The van der Waals surface area contributed by atoms with Gasteiger partial charge in [-0.1, -0.05) is 0 Å². The molecule has 6 heteroatoms. The summed E-state index contributed by atoms with van der Waals surface area (Å²) in [6.45, 7) is 5.43. The van der Waals surface area contributed by atoms with Crippen molar-refractivity contribution in [3.05, 3.63) is 46.8 Å². The molecule has 0 saturated carbocycles. The number of H-pyrrole nitrogens is 1. The van der Waals surface area contributed by atoms with Crippen LogP contribution in [0.3, 0.4) is 0 Å². The number of aromatic nitrogens is 3. The summed E-state index contributed by atoms with van der Waals surface area (Å²) in [7, 11) is 0. The zero-order valence-corrected chi connectivity index (χ0v) is 14.0. The first-order chi connectivity index (χ1) is 11.7. The quantitative estimate of drug-likeness (QED) is 0.896. The Balaban J connectivity index is 1.48. The largest absolute Gasteiger partial charge is 0.344 e. The van der Waals surface area contributed by atoms with E-state index >= 15 is 0 Å². The lowest BCUT2D eigenvalue weighted by molar-refractivity contribution is 0.0731. The molecule has 0 spiro atoms. The number of carbonyl (C=O) groups excluding carboxylic acids is 1. The molecule has 126 valence electrons. The van der Waals surface area contributed by atoms with Gasteiger partial charge < -0.3 is 15.2 Å². The van der Waals surface area contributed by atoms with E-state index in [0.29, 0.717) is 24.6 Å². The first-order valence-electron chi connectivity index (χ1n) is 8.67. The number of nitrogens with one attached hydrogen (secondary N) is 2. The van der Waals surface area contributed by atoms with Crippen molar-refractivity contribution in [2.45, 2.75) is 32.7 Å². The summed E-state index contributed by atoms with van der Waals surface area (Å²) < 4.78 is 0. The minimum Gasteiger partial charge on any atom is -0.344 e. The maximum atomic E-state index is 12.8. The maximum absolute atomic E-state index is 12.8. The predicted molar refractivity (Wildman–Crippen MR) is 90.7 cm³/mol. The molecule has 2 N–H and O–H groups in total. The number of hydrogen-bond acceptors (Lipinski definition) is 4. The van der Waals surface area contributed by atoms with Gasteiger partial charge >= 0.3 is 0 Å². The summed E-state index contributed by atoms with van der Waals surface area (Å²) in [6.07, 6.45) is 6.58. The van der Waals surface area contributed by atoms with Crippen LogP contribution in [0.5, 0.6) is 0 Å². The molecule has 1 amide bonds. The molecular weight excluding hydrogens is 302 g/mol. The van der Waals surface area contributed by atoms with Crippen molar-refractivity contribution in [3.8, 4) is 0 Å². The molecule has 2 aromatic heterocycles. The number of carbonyl (C=O) groups is 1. The van der Waals surface area contributed by atoms with Gasteiger partial charge in [-0.15, -0.1) is 0 Å². The van der Waals surface area contributed by atoms with Crippen LogP contribution >= 0.6 is 0 Å². The molecule has 0 bridgehead atoms. The zero-order valence-electron chi connectivity index (χ0n) is 14.0. The van der Waals surface area contributed by atoms with E-state index in [4.69, 9.17) is 0 Å². The van der Waals surface area contributed by atoms with E-state index in [0.717, 1.165) is 48.7 Å². The summed E-state index contributed by atoms with van der Waals surface area (Å²) in [5, 5.41) is 3.39. The van der Waals surface area contributed by atoms with Crippen LogP contribution in [-0.2, 0) is 19.4 Å². The zero-order chi connectivity index (χ0) is 16.5. The van der Waals surface area contributed by atoms with Gasteiger partial charge in [0, 0.05) is 25.4 Å². The van der Waals surface area contributed by atoms with Gasteiger partial charge in [0.25, 0.3) is 5.91 Å². The normalized spacial score (nSPS) is 20.2. The van der Waals surface area contributed by atoms with Gasteiger partial charge in [-0.2, -0.15) is 0 Å². The Morgan fingerprint density at radius 2 is 2.33 bits per heavy atom. The number of imidazole rings is 1. The Labute approximate surface area is 141 Å². The Kier molecular flexibility index (Phi) is 4.06. The second-order valence-corrected chi connectivity index (χ2v) is 6.87. The fourth-order valence-electron chi connectivity index (χ4n) is 3.73. The molecule has 1 fully saturated rings. The van der Waals surface area contributed by atoms with Crippen molar-refractivity contribution in [3.63, 3.8) is 0 Å². The van der Waals surface area contributed by atoms with E-state index in [1.165, 1.54) is 6.42 Å². The van der Waals surface area contributed by atoms with Crippen molar-refractivity contribution < 1.29 is 4.79 Å². The third kappa shape index (κ3) is 3.06. The first kappa shape index (κ1) is 15.3. The molecular formula is C18H23N5O. The van der Waals surface area contributed by atoms with Crippen LogP contribution in [0.15, 0.2) is 18.5 Å². The smallest absolute Gasteiger partial charge is 0.255 e. The minimum atomic E-state index is 0.0619. The summed E-state index contributed by atoms with van der Waals surface area (Å²) in [6, 6.07) is 2.02. The Bertz CT molecular complexity index is 748. The number of aromatic amines is 1. The summed E-state index contributed by atoms with van der Waals surface area (Å²) in [5.41, 5.74) is 4.01. The third-order valence-electron chi connectivity index (χ3n) is 4.97. The molecule has 2 aliphatic heterocycles. The number of fused-ring (bicyclic) bond motifs is 1. The first-order valence-corrected chi connectivity index (χ1v) is 8.67. The highest BCUT2D eigenvalue weighted by Gasteiger charge is 2.24. The molecule has 1 saturated heterocycles. The monoisotopic (exact) mass is 325 g/mol. The molecule has 1 atom stereocenters.